The highest BCUT2D eigenvalue weighted by Gasteiger charge is 2.32. The molecule has 2 nitrogen and oxygen atoms in total. The highest BCUT2D eigenvalue weighted by molar-refractivity contribution is 5.20. The molecule has 0 bridgehead atoms. The summed E-state index contributed by atoms with van der Waals surface area (Å²) in [5, 5.41) is 0. The molecule has 0 spiro atoms. The van der Waals surface area contributed by atoms with Crippen LogP contribution in [-0.4, -0.2) is 31.2 Å². The Morgan fingerprint density at radius 3 is 2.47 bits per heavy atom. The number of nitrogens with two attached hydrogens (primary N) is 1. The van der Waals surface area contributed by atoms with Crippen molar-refractivity contribution in [3.63, 3.8) is 0 Å². The van der Waals surface area contributed by atoms with Gasteiger partial charge in [0.25, 0.3) is 0 Å². The van der Waals surface area contributed by atoms with Crippen LogP contribution in [0.5, 0.6) is 0 Å². The summed E-state index contributed by atoms with van der Waals surface area (Å²) in [6, 6.07) is 4.81. The van der Waals surface area contributed by atoms with Crippen molar-refractivity contribution >= 4 is 0 Å². The van der Waals surface area contributed by atoms with Crippen molar-refractivity contribution in [2.75, 3.05) is 20.1 Å². The van der Waals surface area contributed by atoms with E-state index in [4.69, 9.17) is 5.73 Å². The summed E-state index contributed by atoms with van der Waals surface area (Å²) in [6.45, 7) is -1.08. The van der Waals surface area contributed by atoms with E-state index in [1.54, 1.807) is 6.07 Å². The zero-order valence-corrected chi connectivity index (χ0v) is 9.34. The quantitative estimate of drug-likeness (QED) is 0.831. The first-order valence-electron chi connectivity index (χ1n) is 5.06. The molecule has 1 unspecified atom stereocenters. The fourth-order valence-corrected chi connectivity index (χ4v) is 1.68. The van der Waals surface area contributed by atoms with Crippen molar-refractivity contribution < 1.29 is 17.6 Å². The van der Waals surface area contributed by atoms with Crippen molar-refractivity contribution in [3.8, 4) is 0 Å². The van der Waals surface area contributed by atoms with Crippen LogP contribution in [-0.2, 0) is 0 Å². The van der Waals surface area contributed by atoms with Gasteiger partial charge in [-0.25, -0.2) is 4.39 Å². The number of nitrogens with zero attached hydrogens (tertiary/aromatic N) is 1. The van der Waals surface area contributed by atoms with E-state index in [2.05, 4.69) is 0 Å². The fourth-order valence-electron chi connectivity index (χ4n) is 1.68. The normalized spacial score (nSPS) is 14.1. The Balaban J connectivity index is 2.84. The predicted molar refractivity (Wildman–Crippen MR) is 56.9 cm³/mol. The first-order valence-corrected chi connectivity index (χ1v) is 5.06. The largest absolute Gasteiger partial charge is 0.401 e. The summed E-state index contributed by atoms with van der Waals surface area (Å²) in [7, 11) is 1.32. The second kappa shape index (κ2) is 5.46. The average molecular weight is 250 g/mol. The predicted octanol–water partition coefficient (Wildman–Crippen LogP) is 2.32. The molecule has 0 saturated heterocycles. The highest BCUT2D eigenvalue weighted by atomic mass is 19.4. The van der Waals surface area contributed by atoms with Gasteiger partial charge in [0.1, 0.15) is 5.82 Å². The summed E-state index contributed by atoms with van der Waals surface area (Å²) in [4.78, 5) is 1.06. The van der Waals surface area contributed by atoms with Gasteiger partial charge in [-0.05, 0) is 24.7 Å². The number of halogens is 4. The second-order valence-electron chi connectivity index (χ2n) is 3.84. The Morgan fingerprint density at radius 1 is 1.35 bits per heavy atom. The van der Waals surface area contributed by atoms with Gasteiger partial charge in [0.05, 0.1) is 6.54 Å². The molecule has 0 aliphatic heterocycles. The van der Waals surface area contributed by atoms with Gasteiger partial charge in [-0.3, -0.25) is 4.90 Å². The number of benzene rings is 1. The van der Waals surface area contributed by atoms with Gasteiger partial charge < -0.3 is 5.73 Å². The highest BCUT2D eigenvalue weighted by Crippen LogP contribution is 2.24. The van der Waals surface area contributed by atoms with Gasteiger partial charge in [-0.2, -0.15) is 13.2 Å². The van der Waals surface area contributed by atoms with Crippen LogP contribution in [0.15, 0.2) is 24.3 Å². The van der Waals surface area contributed by atoms with Crippen molar-refractivity contribution in [2.45, 2.75) is 12.2 Å². The van der Waals surface area contributed by atoms with E-state index in [1.165, 1.54) is 25.2 Å². The molecule has 0 aliphatic rings. The zero-order valence-electron chi connectivity index (χ0n) is 9.34. The Kier molecular flexibility index (Phi) is 4.47. The van der Waals surface area contributed by atoms with E-state index in [-0.39, 0.29) is 6.54 Å². The minimum atomic E-state index is -4.30. The number of likely N-dealkylation sites (N-methyl/N-ethyl adjacent to an activating group) is 1. The third-order valence-electron chi connectivity index (χ3n) is 2.42. The Hall–Kier alpha value is -1.14. The molecule has 1 aromatic rings. The second-order valence-corrected chi connectivity index (χ2v) is 3.84. The molecule has 1 aromatic carbocycles. The number of rotatable bonds is 4. The lowest BCUT2D eigenvalue weighted by atomic mass is 10.1. The van der Waals surface area contributed by atoms with E-state index in [1.807, 2.05) is 0 Å². The average Bonchev–Trinajstić information content (AvgIpc) is 2.15. The molecule has 17 heavy (non-hydrogen) atoms. The summed E-state index contributed by atoms with van der Waals surface area (Å²) in [5.74, 6) is -0.485. The number of alkyl halides is 3. The lowest BCUT2D eigenvalue weighted by molar-refractivity contribution is -0.147. The number of hydrogen-bond acceptors (Lipinski definition) is 2. The molecule has 0 aliphatic carbocycles. The molecule has 0 heterocycles. The smallest absolute Gasteiger partial charge is 0.329 e. The van der Waals surface area contributed by atoms with E-state index in [0.29, 0.717) is 5.56 Å². The van der Waals surface area contributed by atoms with Gasteiger partial charge in [0, 0.05) is 12.6 Å². The molecular weight excluding hydrogens is 236 g/mol. The first kappa shape index (κ1) is 13.9. The molecule has 1 rings (SSSR count). The minimum absolute atomic E-state index is 0.00394. The van der Waals surface area contributed by atoms with Crippen molar-refractivity contribution in [3.05, 3.63) is 35.6 Å². The van der Waals surface area contributed by atoms with Crippen LogP contribution < -0.4 is 5.73 Å². The van der Waals surface area contributed by atoms with Crippen LogP contribution in [0, 0.1) is 5.82 Å². The van der Waals surface area contributed by atoms with Crippen LogP contribution in [0.2, 0.25) is 0 Å². The third kappa shape index (κ3) is 4.32. The fraction of sp³-hybridized carbons (Fsp3) is 0.455. The first-order chi connectivity index (χ1) is 7.83. The Bertz CT molecular complexity index is 365. The minimum Gasteiger partial charge on any atom is -0.329 e. The lowest BCUT2D eigenvalue weighted by Gasteiger charge is -2.28. The van der Waals surface area contributed by atoms with Crippen molar-refractivity contribution in [2.24, 2.45) is 5.73 Å². The van der Waals surface area contributed by atoms with Gasteiger partial charge in [-0.1, -0.05) is 12.1 Å². The van der Waals surface area contributed by atoms with Crippen molar-refractivity contribution in [1.82, 2.24) is 4.90 Å². The van der Waals surface area contributed by atoms with Gasteiger partial charge in [-0.15, -0.1) is 0 Å². The summed E-state index contributed by atoms with van der Waals surface area (Å²) in [5.41, 5.74) is 5.89. The standard InChI is InChI=1S/C11H14F4N2/c1-17(7-11(13,14)15)10(6-16)8-3-2-4-9(12)5-8/h2-5,10H,6-7,16H2,1H3. The SMILES string of the molecule is CN(CC(F)(F)F)C(CN)c1cccc(F)c1. The maximum Gasteiger partial charge on any atom is 0.401 e. The maximum absolute atomic E-state index is 13.0. The summed E-state index contributed by atoms with van der Waals surface area (Å²) in [6.07, 6.45) is -4.30. The maximum atomic E-state index is 13.0. The van der Waals surface area contributed by atoms with Crippen LogP contribution in [0.3, 0.4) is 0 Å². The van der Waals surface area contributed by atoms with Crippen molar-refractivity contribution in [1.29, 1.82) is 0 Å². The molecule has 0 fully saturated rings. The summed E-state index contributed by atoms with van der Waals surface area (Å²) >= 11 is 0. The van der Waals surface area contributed by atoms with E-state index in [0.717, 1.165) is 4.90 Å². The van der Waals surface area contributed by atoms with E-state index >= 15 is 0 Å². The third-order valence-corrected chi connectivity index (χ3v) is 2.42. The number of hydrogen-bond donors (Lipinski definition) is 1. The topological polar surface area (TPSA) is 29.3 Å². The molecule has 0 amide bonds. The Labute approximate surface area is 97.0 Å². The van der Waals surface area contributed by atoms with Crippen LogP contribution >= 0.6 is 0 Å². The zero-order chi connectivity index (χ0) is 13.1. The molecule has 1 atom stereocenters. The Morgan fingerprint density at radius 2 is 2.00 bits per heavy atom. The molecular formula is C11H14F4N2. The van der Waals surface area contributed by atoms with Gasteiger partial charge >= 0.3 is 6.18 Å². The molecule has 6 heteroatoms. The van der Waals surface area contributed by atoms with Crippen LogP contribution in [0.1, 0.15) is 11.6 Å². The monoisotopic (exact) mass is 250 g/mol. The summed E-state index contributed by atoms with van der Waals surface area (Å²) < 4.78 is 49.7. The molecule has 0 radical (unpaired) electrons. The molecule has 2 N–H and O–H groups in total. The van der Waals surface area contributed by atoms with Gasteiger partial charge in [0.2, 0.25) is 0 Å². The molecule has 0 aromatic heterocycles. The van der Waals surface area contributed by atoms with E-state index in [9.17, 15) is 17.6 Å². The van der Waals surface area contributed by atoms with E-state index < -0.39 is 24.6 Å². The van der Waals surface area contributed by atoms with Crippen LogP contribution in [0.4, 0.5) is 17.6 Å². The molecule has 0 saturated carbocycles. The molecule has 96 valence electrons. The van der Waals surface area contributed by atoms with Crippen LogP contribution in [0.25, 0.3) is 0 Å². The van der Waals surface area contributed by atoms with Gasteiger partial charge in [0.15, 0.2) is 0 Å². The lowest BCUT2D eigenvalue weighted by Crippen LogP contribution is -2.37.